The van der Waals surface area contributed by atoms with Gasteiger partial charge >= 0.3 is 51.4 Å². The first-order valence-electron chi connectivity index (χ1n) is 0.552. The molecule has 5 heteroatoms. The average molecular weight is 243 g/mol. The van der Waals surface area contributed by atoms with Gasteiger partial charge in [0.2, 0.25) is 0 Å². The summed E-state index contributed by atoms with van der Waals surface area (Å²) >= 11 is 6.01. The molecule has 0 saturated heterocycles. The second-order valence-electron chi connectivity index (χ2n) is 0.226. The molecule has 5 heavy (non-hydrogen) atoms. The molecule has 24 valence electrons. The van der Waals surface area contributed by atoms with E-state index >= 15 is 0 Å². The molecule has 0 bridgehead atoms. The number of hydrogen-bond acceptors (Lipinski definition) is 1. The van der Waals surface area contributed by atoms with Crippen molar-refractivity contribution < 1.29 is 51.4 Å². The summed E-state index contributed by atoms with van der Waals surface area (Å²) in [5.74, 6) is 0. The number of hydrogen-bond donors (Lipinski definition) is 0. The second kappa shape index (κ2) is 6.69. The summed E-state index contributed by atoms with van der Waals surface area (Å²) in [5, 5.41) is 7.92. The molecule has 0 aromatic rings. The van der Waals surface area contributed by atoms with Crippen LogP contribution in [-0.4, -0.2) is 0 Å². The van der Waals surface area contributed by atoms with Gasteiger partial charge in [-0.05, 0) is 22.0 Å². The van der Waals surface area contributed by atoms with Crippen LogP contribution in [0.2, 0.25) is 0 Å². The van der Waals surface area contributed by atoms with E-state index in [0.29, 0.717) is 0 Å². The van der Waals surface area contributed by atoms with Crippen molar-refractivity contribution in [2.24, 2.45) is 0 Å². The number of rotatable bonds is 0. The summed E-state index contributed by atoms with van der Waals surface area (Å²) in [5.41, 5.74) is 0. The van der Waals surface area contributed by atoms with Crippen molar-refractivity contribution in [3.05, 3.63) is 5.16 Å². The van der Waals surface area contributed by atoms with Crippen LogP contribution in [-0.2, 0) is 11.8 Å². The van der Waals surface area contributed by atoms with Crippen LogP contribution in [0.3, 0.4) is 0 Å². The van der Waals surface area contributed by atoms with Gasteiger partial charge in [-0.1, -0.05) is 11.8 Å². The third-order valence-corrected chi connectivity index (χ3v) is 0. The van der Waals surface area contributed by atoms with Crippen LogP contribution in [0.15, 0.2) is 0 Å². The molecule has 0 fully saturated rings. The average Bonchev–Trinajstić information content (AvgIpc) is 0.811. The van der Waals surface area contributed by atoms with E-state index in [2.05, 4.69) is 11.8 Å². The fourth-order valence-corrected chi connectivity index (χ4v) is 0. The Balaban J connectivity index is 0. The molecule has 1 nitrogen and oxygen atoms in total. The van der Waals surface area contributed by atoms with Gasteiger partial charge in [0, 0.05) is 0 Å². The van der Waals surface area contributed by atoms with Crippen molar-refractivity contribution in [2.45, 2.75) is 0 Å². The van der Waals surface area contributed by atoms with E-state index in [9.17, 15) is 0 Å². The Bertz CT molecular complexity index is 60.0. The SMILES string of the molecule is [K+].[N-]=P(=S)I. The fourth-order valence-electron chi connectivity index (χ4n) is 0. The zero-order chi connectivity index (χ0) is 3.58. The van der Waals surface area contributed by atoms with E-state index in [0.717, 1.165) is 0 Å². The molecule has 1 unspecified atom stereocenters. The normalized spacial score (nSPS) is 8.60. The van der Waals surface area contributed by atoms with Crippen LogP contribution in [0.1, 0.15) is 0 Å². The molecule has 0 N–H and O–H groups in total. The van der Waals surface area contributed by atoms with Gasteiger partial charge in [0.15, 0.2) is 0 Å². The minimum atomic E-state index is -1.07. The monoisotopic (exact) mass is 243 g/mol. The number of nitrogens with zero attached hydrogens (tertiary/aromatic N) is 1. The van der Waals surface area contributed by atoms with Gasteiger partial charge < -0.3 is 5.16 Å². The molecule has 0 aliphatic carbocycles. The largest absolute Gasteiger partial charge is 1.00 e. The number of halogens is 1. The Hall–Kier alpha value is 2.69. The maximum atomic E-state index is 7.92. The Kier molecular flexibility index (Phi) is 14.2. The summed E-state index contributed by atoms with van der Waals surface area (Å²) in [4.78, 5) is 0. The third kappa shape index (κ3) is 20.3. The van der Waals surface area contributed by atoms with Crippen LogP contribution < -0.4 is 51.4 Å². The van der Waals surface area contributed by atoms with Crippen molar-refractivity contribution in [1.82, 2.24) is 0 Å². The van der Waals surface area contributed by atoms with E-state index < -0.39 is 4.13 Å². The molecule has 0 aromatic carbocycles. The molecule has 0 heterocycles. The van der Waals surface area contributed by atoms with Crippen molar-refractivity contribution in [3.8, 4) is 0 Å². The standard InChI is InChI=1S/INPS.K/c1-3(2)4;/q-1;+1. The third-order valence-electron chi connectivity index (χ3n) is 0. The molecule has 0 radical (unpaired) electrons. The fraction of sp³-hybridized carbons (Fsp3) is 0. The van der Waals surface area contributed by atoms with Crippen molar-refractivity contribution >= 4 is 38.0 Å². The predicted molar refractivity (Wildman–Crippen MR) is 31.7 cm³/mol. The minimum Gasteiger partial charge on any atom is -0.767 e. The molecule has 0 aromatic heterocycles. The molecule has 0 amide bonds. The summed E-state index contributed by atoms with van der Waals surface area (Å²) < 4.78 is -1.07. The molecule has 0 saturated carbocycles. The van der Waals surface area contributed by atoms with E-state index in [4.69, 9.17) is 5.16 Å². The Labute approximate surface area is 92.1 Å². The molecule has 0 aliphatic rings. The van der Waals surface area contributed by atoms with E-state index in [1.165, 1.54) is 0 Å². The van der Waals surface area contributed by atoms with Gasteiger partial charge in [-0.3, -0.25) is 0 Å². The maximum Gasteiger partial charge on any atom is 1.00 e. The van der Waals surface area contributed by atoms with Gasteiger partial charge in [0.05, 0.1) is 0 Å². The molecule has 0 spiro atoms. The second-order valence-corrected chi connectivity index (χ2v) is 6.42. The molecule has 0 rings (SSSR count). The van der Waals surface area contributed by atoms with Crippen LogP contribution in [0.4, 0.5) is 0 Å². The van der Waals surface area contributed by atoms with Crippen LogP contribution in [0.5, 0.6) is 0 Å². The first-order chi connectivity index (χ1) is 1.73. The van der Waals surface area contributed by atoms with Gasteiger partial charge in [0.1, 0.15) is 0 Å². The molecule has 0 aliphatic heterocycles. The quantitative estimate of drug-likeness (QED) is 0.305. The van der Waals surface area contributed by atoms with Gasteiger partial charge in [-0.25, -0.2) is 0 Å². The summed E-state index contributed by atoms with van der Waals surface area (Å²) in [6.07, 6.45) is 0. The first kappa shape index (κ1) is 10.6. The zero-order valence-electron chi connectivity index (χ0n) is 2.68. The van der Waals surface area contributed by atoms with Crippen molar-refractivity contribution in [2.75, 3.05) is 0 Å². The van der Waals surface area contributed by atoms with Crippen LogP contribution in [0, 0.1) is 0 Å². The Morgan fingerprint density at radius 2 is 1.80 bits per heavy atom. The maximum absolute atomic E-state index is 7.92. The Morgan fingerprint density at radius 3 is 1.80 bits per heavy atom. The first-order valence-corrected chi connectivity index (χ1v) is 5.64. The molecule has 1 atom stereocenters. The predicted octanol–water partition coefficient (Wildman–Crippen LogP) is -0.963. The van der Waals surface area contributed by atoms with Gasteiger partial charge in [0.25, 0.3) is 0 Å². The van der Waals surface area contributed by atoms with Crippen LogP contribution in [0.25, 0.3) is 5.16 Å². The van der Waals surface area contributed by atoms with E-state index in [-0.39, 0.29) is 51.4 Å². The topological polar surface area (TPSA) is 22.3 Å². The van der Waals surface area contributed by atoms with Crippen LogP contribution >= 0.6 is 26.2 Å². The van der Waals surface area contributed by atoms with Crippen molar-refractivity contribution in [3.63, 3.8) is 0 Å². The molecular formula is IKNPS. The minimum absolute atomic E-state index is 0. The Morgan fingerprint density at radius 1 is 1.80 bits per heavy atom. The summed E-state index contributed by atoms with van der Waals surface area (Å²) in [6.45, 7) is 0. The van der Waals surface area contributed by atoms with Gasteiger partial charge in [-0.2, -0.15) is 0 Å². The summed E-state index contributed by atoms with van der Waals surface area (Å²) in [7, 11) is 0. The van der Waals surface area contributed by atoms with E-state index in [1.54, 1.807) is 22.0 Å². The van der Waals surface area contributed by atoms with E-state index in [1.807, 2.05) is 0 Å². The van der Waals surface area contributed by atoms with Crippen molar-refractivity contribution in [1.29, 1.82) is 0 Å². The smallest absolute Gasteiger partial charge is 0.767 e. The van der Waals surface area contributed by atoms with Gasteiger partial charge in [-0.15, -0.1) is 4.13 Å². The summed E-state index contributed by atoms with van der Waals surface area (Å²) in [6, 6.07) is 0. The zero-order valence-corrected chi connectivity index (χ0v) is 9.67. The molecular weight excluding hydrogens is 243 g/mol.